The van der Waals surface area contributed by atoms with E-state index in [2.05, 4.69) is 5.32 Å². The largest absolute Gasteiger partial charge is 0.508 e. The van der Waals surface area contributed by atoms with Crippen LogP contribution >= 0.6 is 0 Å². The minimum absolute atomic E-state index is 0.134. The quantitative estimate of drug-likeness (QED) is 0.802. The average Bonchev–Trinajstić information content (AvgIpc) is 2.41. The van der Waals surface area contributed by atoms with Crippen molar-refractivity contribution in [1.82, 2.24) is 0 Å². The first kappa shape index (κ1) is 13.9. The second kappa shape index (κ2) is 5.61. The van der Waals surface area contributed by atoms with Gasteiger partial charge in [0.1, 0.15) is 11.6 Å². The SMILES string of the molecule is Cc1ccc(O)c(CNc2cc(C(N)=O)ccc2F)c1. The summed E-state index contributed by atoms with van der Waals surface area (Å²) in [5.41, 5.74) is 7.19. The minimum Gasteiger partial charge on any atom is -0.508 e. The van der Waals surface area contributed by atoms with E-state index in [1.165, 1.54) is 18.2 Å². The Morgan fingerprint density at radius 1 is 1.30 bits per heavy atom. The van der Waals surface area contributed by atoms with Gasteiger partial charge in [-0.3, -0.25) is 4.79 Å². The average molecular weight is 274 g/mol. The maximum atomic E-state index is 13.6. The molecule has 0 atom stereocenters. The predicted molar refractivity (Wildman–Crippen MR) is 75.1 cm³/mol. The molecule has 0 fully saturated rings. The van der Waals surface area contributed by atoms with Gasteiger partial charge in [0.05, 0.1) is 5.69 Å². The summed E-state index contributed by atoms with van der Waals surface area (Å²) in [6.07, 6.45) is 0. The number of rotatable bonds is 4. The van der Waals surface area contributed by atoms with E-state index in [0.29, 0.717) is 5.56 Å². The number of carbonyl (C=O) groups excluding carboxylic acids is 1. The highest BCUT2D eigenvalue weighted by Crippen LogP contribution is 2.21. The molecule has 104 valence electrons. The highest BCUT2D eigenvalue weighted by Gasteiger charge is 2.08. The van der Waals surface area contributed by atoms with Crippen molar-refractivity contribution in [3.05, 3.63) is 58.9 Å². The Labute approximate surface area is 116 Å². The first-order valence-electron chi connectivity index (χ1n) is 6.09. The first-order valence-corrected chi connectivity index (χ1v) is 6.09. The molecule has 0 radical (unpaired) electrons. The molecule has 0 spiro atoms. The van der Waals surface area contributed by atoms with Crippen molar-refractivity contribution in [2.24, 2.45) is 5.73 Å². The van der Waals surface area contributed by atoms with Crippen LogP contribution in [-0.4, -0.2) is 11.0 Å². The van der Waals surface area contributed by atoms with Gasteiger partial charge in [-0.1, -0.05) is 17.7 Å². The Bertz CT molecular complexity index is 656. The van der Waals surface area contributed by atoms with Crippen LogP contribution in [0.2, 0.25) is 0 Å². The summed E-state index contributed by atoms with van der Waals surface area (Å²) >= 11 is 0. The van der Waals surface area contributed by atoms with Gasteiger partial charge < -0.3 is 16.2 Å². The summed E-state index contributed by atoms with van der Waals surface area (Å²) in [5.74, 6) is -0.969. The van der Waals surface area contributed by atoms with E-state index < -0.39 is 11.7 Å². The Morgan fingerprint density at radius 2 is 2.05 bits per heavy atom. The molecule has 0 aromatic heterocycles. The second-order valence-corrected chi connectivity index (χ2v) is 4.54. The zero-order valence-electron chi connectivity index (χ0n) is 11.0. The van der Waals surface area contributed by atoms with Crippen molar-refractivity contribution in [2.45, 2.75) is 13.5 Å². The van der Waals surface area contributed by atoms with Gasteiger partial charge in [0.25, 0.3) is 0 Å². The Morgan fingerprint density at radius 3 is 2.75 bits per heavy atom. The third-order valence-electron chi connectivity index (χ3n) is 2.96. The van der Waals surface area contributed by atoms with Crippen LogP contribution in [0.15, 0.2) is 36.4 Å². The minimum atomic E-state index is -0.619. The third kappa shape index (κ3) is 3.06. The highest BCUT2D eigenvalue weighted by molar-refractivity contribution is 5.93. The second-order valence-electron chi connectivity index (χ2n) is 4.54. The fraction of sp³-hybridized carbons (Fsp3) is 0.133. The van der Waals surface area contributed by atoms with Crippen molar-refractivity contribution >= 4 is 11.6 Å². The van der Waals surface area contributed by atoms with Crippen molar-refractivity contribution in [3.8, 4) is 5.75 Å². The number of benzene rings is 2. The van der Waals surface area contributed by atoms with Crippen LogP contribution in [0.5, 0.6) is 5.75 Å². The number of amides is 1. The zero-order chi connectivity index (χ0) is 14.7. The van der Waals surface area contributed by atoms with Gasteiger partial charge in [-0.15, -0.1) is 0 Å². The molecule has 0 unspecified atom stereocenters. The number of anilines is 1. The van der Waals surface area contributed by atoms with E-state index in [1.807, 2.05) is 6.92 Å². The van der Waals surface area contributed by atoms with Crippen LogP contribution in [0.4, 0.5) is 10.1 Å². The van der Waals surface area contributed by atoms with Crippen LogP contribution in [0.1, 0.15) is 21.5 Å². The topological polar surface area (TPSA) is 75.3 Å². The molecule has 0 bridgehead atoms. The molecular weight excluding hydrogens is 259 g/mol. The number of hydrogen-bond acceptors (Lipinski definition) is 3. The summed E-state index contributed by atoms with van der Waals surface area (Å²) in [7, 11) is 0. The first-order chi connectivity index (χ1) is 9.47. The van der Waals surface area contributed by atoms with Gasteiger partial charge in [-0.25, -0.2) is 4.39 Å². The summed E-state index contributed by atoms with van der Waals surface area (Å²) in [6, 6.07) is 9.03. The lowest BCUT2D eigenvalue weighted by Crippen LogP contribution is -2.12. The van der Waals surface area contributed by atoms with Gasteiger partial charge in [0.15, 0.2) is 0 Å². The van der Waals surface area contributed by atoms with E-state index in [-0.39, 0.29) is 23.5 Å². The monoisotopic (exact) mass is 274 g/mol. The van der Waals surface area contributed by atoms with Crippen LogP contribution in [-0.2, 0) is 6.54 Å². The third-order valence-corrected chi connectivity index (χ3v) is 2.96. The standard InChI is InChI=1S/C15H15FN2O2/c1-9-2-5-14(19)11(6-9)8-18-13-7-10(15(17)20)3-4-12(13)16/h2-7,18-19H,8H2,1H3,(H2,17,20). The number of aryl methyl sites for hydroxylation is 1. The van der Waals surface area contributed by atoms with E-state index in [9.17, 15) is 14.3 Å². The summed E-state index contributed by atoms with van der Waals surface area (Å²) in [4.78, 5) is 11.1. The molecule has 0 aliphatic rings. The van der Waals surface area contributed by atoms with Crippen molar-refractivity contribution in [1.29, 1.82) is 0 Å². The molecule has 1 amide bonds. The molecule has 2 aromatic rings. The van der Waals surface area contributed by atoms with Gasteiger partial charge >= 0.3 is 0 Å². The van der Waals surface area contributed by atoms with Gasteiger partial charge in [-0.05, 0) is 31.2 Å². The lowest BCUT2D eigenvalue weighted by molar-refractivity contribution is 0.100. The Hall–Kier alpha value is -2.56. The Balaban J connectivity index is 2.20. The number of halogens is 1. The molecule has 0 heterocycles. The van der Waals surface area contributed by atoms with E-state index in [0.717, 1.165) is 5.56 Å². The van der Waals surface area contributed by atoms with Gasteiger partial charge in [-0.2, -0.15) is 0 Å². The summed E-state index contributed by atoms with van der Waals surface area (Å²) in [6.45, 7) is 2.14. The number of nitrogens with one attached hydrogen (secondary N) is 1. The maximum absolute atomic E-state index is 13.6. The molecule has 4 nitrogen and oxygen atoms in total. The molecule has 0 saturated carbocycles. The molecule has 2 rings (SSSR count). The van der Waals surface area contributed by atoms with Crippen LogP contribution in [0.25, 0.3) is 0 Å². The number of phenolic OH excluding ortho intramolecular Hbond substituents is 1. The number of carbonyl (C=O) groups is 1. The number of hydrogen-bond donors (Lipinski definition) is 3. The van der Waals surface area contributed by atoms with Crippen LogP contribution < -0.4 is 11.1 Å². The van der Waals surface area contributed by atoms with Gasteiger partial charge in [0.2, 0.25) is 5.91 Å². The fourth-order valence-electron chi connectivity index (χ4n) is 1.86. The molecule has 4 N–H and O–H groups in total. The molecule has 0 aliphatic carbocycles. The predicted octanol–water partition coefficient (Wildman–Crippen LogP) is 2.55. The normalized spacial score (nSPS) is 10.3. The smallest absolute Gasteiger partial charge is 0.248 e. The van der Waals surface area contributed by atoms with Gasteiger partial charge in [0, 0.05) is 17.7 Å². The van der Waals surface area contributed by atoms with Crippen molar-refractivity contribution in [3.63, 3.8) is 0 Å². The molecule has 5 heteroatoms. The number of phenols is 1. The molecule has 2 aromatic carbocycles. The Kier molecular flexibility index (Phi) is 3.89. The summed E-state index contributed by atoms with van der Waals surface area (Å²) < 4.78 is 13.6. The van der Waals surface area contributed by atoms with Crippen LogP contribution in [0.3, 0.4) is 0 Å². The molecule has 0 aliphatic heterocycles. The molecular formula is C15H15FN2O2. The summed E-state index contributed by atoms with van der Waals surface area (Å²) in [5, 5.41) is 12.6. The lowest BCUT2D eigenvalue weighted by atomic mass is 10.1. The molecule has 20 heavy (non-hydrogen) atoms. The number of nitrogens with two attached hydrogens (primary N) is 1. The van der Waals surface area contributed by atoms with Crippen molar-refractivity contribution in [2.75, 3.05) is 5.32 Å². The van der Waals surface area contributed by atoms with Crippen LogP contribution in [0, 0.1) is 12.7 Å². The van der Waals surface area contributed by atoms with E-state index in [1.54, 1.807) is 18.2 Å². The molecule has 0 saturated heterocycles. The highest BCUT2D eigenvalue weighted by atomic mass is 19.1. The zero-order valence-corrected chi connectivity index (χ0v) is 11.0. The number of primary amides is 1. The van der Waals surface area contributed by atoms with E-state index in [4.69, 9.17) is 5.73 Å². The number of aromatic hydroxyl groups is 1. The lowest BCUT2D eigenvalue weighted by Gasteiger charge is -2.10. The van der Waals surface area contributed by atoms with Crippen molar-refractivity contribution < 1.29 is 14.3 Å². The maximum Gasteiger partial charge on any atom is 0.248 e. The fourth-order valence-corrected chi connectivity index (χ4v) is 1.86. The van der Waals surface area contributed by atoms with E-state index >= 15 is 0 Å².